The van der Waals surface area contributed by atoms with Gasteiger partial charge in [-0.15, -0.1) is 0 Å². The maximum absolute atomic E-state index is 12.5. The van der Waals surface area contributed by atoms with Gasteiger partial charge in [-0.05, 0) is 42.0 Å². The number of rotatable bonds is 4. The fourth-order valence-electron chi connectivity index (χ4n) is 2.77. The number of hydrazone groups is 1. The van der Waals surface area contributed by atoms with E-state index in [1.54, 1.807) is 12.1 Å². The van der Waals surface area contributed by atoms with Crippen LogP contribution in [-0.2, 0) is 15.8 Å². The average molecular weight is 454 g/mol. The molecular weight excluding hydrogens is 439 g/mol. The molecule has 146 valence electrons. The summed E-state index contributed by atoms with van der Waals surface area (Å²) in [7, 11) is 0. The highest BCUT2D eigenvalue weighted by Crippen LogP contribution is 2.29. The lowest BCUT2D eigenvalue weighted by atomic mass is 10.1. The van der Waals surface area contributed by atoms with Gasteiger partial charge in [0, 0.05) is 23.1 Å². The van der Waals surface area contributed by atoms with Crippen molar-refractivity contribution in [3.63, 3.8) is 0 Å². The predicted molar refractivity (Wildman–Crippen MR) is 102 cm³/mol. The molecule has 1 fully saturated rings. The summed E-state index contributed by atoms with van der Waals surface area (Å²) in [5.41, 5.74) is 2.70. The van der Waals surface area contributed by atoms with Crippen LogP contribution in [0.4, 0.5) is 18.9 Å². The van der Waals surface area contributed by atoms with Crippen LogP contribution in [0.1, 0.15) is 17.5 Å². The summed E-state index contributed by atoms with van der Waals surface area (Å²) in [6.45, 7) is 0.238. The Labute approximate surface area is 167 Å². The maximum Gasteiger partial charge on any atom is 0.416 e. The maximum atomic E-state index is 12.5. The largest absolute Gasteiger partial charge is 0.416 e. The SMILES string of the molecule is O=C(N/N=C\c1ccc(C(F)(F)F)cc1)[C@@H]1CC(=O)N(c2ccc(Br)cc2)C1. The molecular formula is C19H15BrF3N3O2. The molecule has 0 aliphatic carbocycles. The molecule has 0 saturated carbocycles. The lowest BCUT2D eigenvalue weighted by molar-refractivity contribution is -0.137. The zero-order valence-electron chi connectivity index (χ0n) is 14.4. The molecule has 28 heavy (non-hydrogen) atoms. The van der Waals surface area contributed by atoms with Crippen molar-refractivity contribution in [3.05, 3.63) is 64.1 Å². The van der Waals surface area contributed by atoms with E-state index in [0.717, 1.165) is 16.6 Å². The van der Waals surface area contributed by atoms with Crippen molar-refractivity contribution >= 4 is 39.6 Å². The van der Waals surface area contributed by atoms with Crippen LogP contribution in [0.5, 0.6) is 0 Å². The minimum absolute atomic E-state index is 0.0672. The molecule has 2 amide bonds. The first-order valence-corrected chi connectivity index (χ1v) is 9.09. The number of hydrogen-bond acceptors (Lipinski definition) is 3. The number of carbonyl (C=O) groups is 2. The molecule has 1 aliphatic rings. The molecule has 5 nitrogen and oxygen atoms in total. The highest BCUT2D eigenvalue weighted by molar-refractivity contribution is 9.10. The quantitative estimate of drug-likeness (QED) is 0.562. The third-order valence-electron chi connectivity index (χ3n) is 4.26. The van der Waals surface area contributed by atoms with Gasteiger partial charge in [0.2, 0.25) is 11.8 Å². The van der Waals surface area contributed by atoms with E-state index < -0.39 is 23.6 Å². The molecule has 1 heterocycles. The Morgan fingerprint density at radius 2 is 1.79 bits per heavy atom. The number of anilines is 1. The third-order valence-corrected chi connectivity index (χ3v) is 4.79. The smallest absolute Gasteiger partial charge is 0.312 e. The molecule has 2 aromatic rings. The summed E-state index contributed by atoms with van der Waals surface area (Å²) in [6, 6.07) is 11.6. The Kier molecular flexibility index (Phi) is 5.83. The first kappa shape index (κ1) is 20.1. The van der Waals surface area contributed by atoms with Crippen molar-refractivity contribution in [3.8, 4) is 0 Å². The number of nitrogens with zero attached hydrogens (tertiary/aromatic N) is 2. The molecule has 1 saturated heterocycles. The first-order chi connectivity index (χ1) is 13.2. The Balaban J connectivity index is 1.57. The monoisotopic (exact) mass is 453 g/mol. The van der Waals surface area contributed by atoms with Crippen molar-refractivity contribution in [1.29, 1.82) is 0 Å². The number of nitrogens with one attached hydrogen (secondary N) is 1. The minimum atomic E-state index is -4.40. The molecule has 3 rings (SSSR count). The van der Waals surface area contributed by atoms with E-state index in [0.29, 0.717) is 11.3 Å². The molecule has 9 heteroatoms. The van der Waals surface area contributed by atoms with Crippen LogP contribution in [0, 0.1) is 5.92 Å². The van der Waals surface area contributed by atoms with Gasteiger partial charge >= 0.3 is 6.18 Å². The van der Waals surface area contributed by atoms with Gasteiger partial charge in [-0.1, -0.05) is 28.1 Å². The fraction of sp³-hybridized carbons (Fsp3) is 0.211. The van der Waals surface area contributed by atoms with E-state index in [4.69, 9.17) is 0 Å². The summed E-state index contributed by atoms with van der Waals surface area (Å²) in [5.74, 6) is -1.13. The second kappa shape index (κ2) is 8.14. The Bertz CT molecular complexity index is 896. The normalized spacial score (nSPS) is 17.4. The number of hydrogen-bond donors (Lipinski definition) is 1. The zero-order valence-corrected chi connectivity index (χ0v) is 16.0. The molecule has 0 radical (unpaired) electrons. The molecule has 0 aromatic heterocycles. The summed E-state index contributed by atoms with van der Waals surface area (Å²) in [4.78, 5) is 26.0. The van der Waals surface area contributed by atoms with Crippen molar-refractivity contribution < 1.29 is 22.8 Å². The Morgan fingerprint density at radius 3 is 2.39 bits per heavy atom. The van der Waals surface area contributed by atoms with Gasteiger partial charge < -0.3 is 4.90 Å². The highest BCUT2D eigenvalue weighted by Gasteiger charge is 2.35. The summed E-state index contributed by atoms with van der Waals surface area (Å²) < 4.78 is 38.5. The Morgan fingerprint density at radius 1 is 1.14 bits per heavy atom. The van der Waals surface area contributed by atoms with E-state index in [9.17, 15) is 22.8 Å². The lowest BCUT2D eigenvalue weighted by Crippen LogP contribution is -2.30. The molecule has 1 atom stereocenters. The zero-order chi connectivity index (χ0) is 20.3. The fourth-order valence-corrected chi connectivity index (χ4v) is 3.04. The number of carbonyl (C=O) groups excluding carboxylic acids is 2. The average Bonchev–Trinajstić information content (AvgIpc) is 3.04. The number of amides is 2. The predicted octanol–water partition coefficient (Wildman–Crippen LogP) is 3.97. The van der Waals surface area contributed by atoms with Crippen molar-refractivity contribution in [2.75, 3.05) is 11.4 Å². The van der Waals surface area contributed by atoms with Crippen LogP contribution in [-0.4, -0.2) is 24.6 Å². The highest BCUT2D eigenvalue weighted by atomic mass is 79.9. The van der Waals surface area contributed by atoms with E-state index in [1.807, 2.05) is 12.1 Å². The molecule has 1 N–H and O–H groups in total. The molecule has 0 unspecified atom stereocenters. The molecule has 0 spiro atoms. The first-order valence-electron chi connectivity index (χ1n) is 8.30. The second-order valence-corrected chi connectivity index (χ2v) is 7.15. The summed E-state index contributed by atoms with van der Waals surface area (Å²) in [5, 5.41) is 3.77. The van der Waals surface area contributed by atoms with Crippen LogP contribution in [0.2, 0.25) is 0 Å². The van der Waals surface area contributed by atoms with Crippen LogP contribution in [0.25, 0.3) is 0 Å². The van der Waals surface area contributed by atoms with Crippen molar-refractivity contribution in [2.24, 2.45) is 11.0 Å². The van der Waals surface area contributed by atoms with Gasteiger partial charge in [-0.25, -0.2) is 5.43 Å². The van der Waals surface area contributed by atoms with Gasteiger partial charge in [0.15, 0.2) is 0 Å². The van der Waals surface area contributed by atoms with Gasteiger partial charge in [0.05, 0.1) is 17.7 Å². The topological polar surface area (TPSA) is 61.8 Å². The van der Waals surface area contributed by atoms with Crippen molar-refractivity contribution in [2.45, 2.75) is 12.6 Å². The van der Waals surface area contributed by atoms with Crippen LogP contribution in [0.3, 0.4) is 0 Å². The lowest BCUT2D eigenvalue weighted by Gasteiger charge is -2.16. The van der Waals surface area contributed by atoms with Gasteiger partial charge in [0.25, 0.3) is 0 Å². The molecule has 2 aromatic carbocycles. The molecule has 0 bridgehead atoms. The number of alkyl halides is 3. The van der Waals surface area contributed by atoms with E-state index in [2.05, 4.69) is 26.5 Å². The van der Waals surface area contributed by atoms with E-state index in [-0.39, 0.29) is 18.9 Å². The van der Waals surface area contributed by atoms with Crippen LogP contribution >= 0.6 is 15.9 Å². The standard InChI is InChI=1S/C19H15BrF3N3O2/c20-15-5-7-16(8-6-15)26-11-13(9-17(26)27)18(28)25-24-10-12-1-3-14(4-2-12)19(21,22)23/h1-8,10,13H,9,11H2,(H,25,28)/b24-10-/t13-/m1/s1. The third kappa shape index (κ3) is 4.78. The number of halogens is 4. The van der Waals surface area contributed by atoms with Crippen LogP contribution in [0.15, 0.2) is 58.1 Å². The number of benzene rings is 2. The van der Waals surface area contributed by atoms with Gasteiger partial charge in [-0.2, -0.15) is 18.3 Å². The van der Waals surface area contributed by atoms with E-state index >= 15 is 0 Å². The summed E-state index contributed by atoms with van der Waals surface area (Å²) >= 11 is 3.33. The van der Waals surface area contributed by atoms with Crippen molar-refractivity contribution in [1.82, 2.24) is 5.43 Å². The van der Waals surface area contributed by atoms with E-state index in [1.165, 1.54) is 23.2 Å². The molecule has 1 aliphatic heterocycles. The van der Waals surface area contributed by atoms with Crippen LogP contribution < -0.4 is 10.3 Å². The Hall–Kier alpha value is -2.68. The van der Waals surface area contributed by atoms with Gasteiger partial charge in [0.1, 0.15) is 0 Å². The minimum Gasteiger partial charge on any atom is -0.312 e. The summed E-state index contributed by atoms with van der Waals surface area (Å²) in [6.07, 6.45) is -3.08. The second-order valence-electron chi connectivity index (χ2n) is 6.24. The van der Waals surface area contributed by atoms with Gasteiger partial charge in [-0.3, -0.25) is 9.59 Å².